The summed E-state index contributed by atoms with van der Waals surface area (Å²) in [5.41, 5.74) is 4.00. The van der Waals surface area contributed by atoms with E-state index in [1.54, 1.807) is 5.56 Å². The Bertz CT molecular complexity index is 551. The van der Waals surface area contributed by atoms with Gasteiger partial charge in [0, 0.05) is 31.9 Å². The van der Waals surface area contributed by atoms with Crippen molar-refractivity contribution in [2.45, 2.75) is 66.2 Å². The van der Waals surface area contributed by atoms with Crippen LogP contribution in [-0.4, -0.2) is 37.6 Å². The van der Waals surface area contributed by atoms with Crippen LogP contribution in [0.3, 0.4) is 0 Å². The van der Waals surface area contributed by atoms with Crippen LogP contribution in [0.15, 0.2) is 24.3 Å². The number of piperazine rings is 1. The third-order valence-corrected chi connectivity index (χ3v) is 6.18. The molecule has 140 valence electrons. The van der Waals surface area contributed by atoms with Crippen LogP contribution in [0.5, 0.6) is 0 Å². The second-order valence-electron chi connectivity index (χ2n) is 10.00. The van der Waals surface area contributed by atoms with Crippen LogP contribution in [0.25, 0.3) is 0 Å². The highest BCUT2D eigenvalue weighted by Crippen LogP contribution is 2.53. The van der Waals surface area contributed by atoms with Crippen LogP contribution in [0, 0.1) is 10.8 Å². The summed E-state index contributed by atoms with van der Waals surface area (Å²) >= 11 is 0. The first-order valence-electron chi connectivity index (χ1n) is 10.4. The topological polar surface area (TPSA) is 6.48 Å². The maximum atomic E-state index is 2.65. The van der Waals surface area contributed by atoms with E-state index in [0.29, 0.717) is 16.7 Å². The predicted molar refractivity (Wildman–Crippen MR) is 110 cm³/mol. The molecular weight excluding hydrogens is 304 g/mol. The highest BCUT2D eigenvalue weighted by atomic mass is 15.3. The van der Waals surface area contributed by atoms with E-state index >= 15 is 0 Å². The average molecular weight is 343 g/mol. The molecule has 1 saturated carbocycles. The molecule has 1 aliphatic heterocycles. The minimum Gasteiger partial charge on any atom is -0.369 e. The molecule has 0 spiro atoms. The Labute approximate surface area is 155 Å². The van der Waals surface area contributed by atoms with E-state index in [9.17, 15) is 0 Å². The third-order valence-electron chi connectivity index (χ3n) is 6.18. The van der Waals surface area contributed by atoms with E-state index in [2.05, 4.69) is 68.7 Å². The molecule has 0 N–H and O–H groups in total. The van der Waals surface area contributed by atoms with Crippen LogP contribution in [-0.2, 0) is 0 Å². The van der Waals surface area contributed by atoms with Crippen molar-refractivity contribution < 1.29 is 0 Å². The lowest BCUT2D eigenvalue weighted by Crippen LogP contribution is -2.47. The van der Waals surface area contributed by atoms with Crippen LogP contribution in [0.4, 0.5) is 5.69 Å². The molecule has 1 saturated heterocycles. The molecule has 2 heteroatoms. The molecule has 1 aromatic rings. The second-order valence-corrected chi connectivity index (χ2v) is 10.00. The van der Waals surface area contributed by atoms with Crippen molar-refractivity contribution in [3.63, 3.8) is 0 Å². The van der Waals surface area contributed by atoms with Crippen molar-refractivity contribution in [3.8, 4) is 0 Å². The Hall–Kier alpha value is -1.02. The van der Waals surface area contributed by atoms with E-state index in [1.165, 1.54) is 64.1 Å². The first-order valence-corrected chi connectivity index (χ1v) is 10.4. The maximum Gasteiger partial charge on any atom is 0.0402 e. The van der Waals surface area contributed by atoms with Gasteiger partial charge >= 0.3 is 0 Å². The molecule has 0 aromatic heterocycles. The van der Waals surface area contributed by atoms with Gasteiger partial charge in [-0.2, -0.15) is 0 Å². The van der Waals surface area contributed by atoms with Crippen LogP contribution < -0.4 is 4.90 Å². The monoisotopic (exact) mass is 342 g/mol. The number of rotatable bonds is 4. The minimum absolute atomic E-state index is 0.444. The molecule has 2 fully saturated rings. The van der Waals surface area contributed by atoms with Gasteiger partial charge < -0.3 is 4.90 Å². The highest BCUT2D eigenvalue weighted by molar-refractivity contribution is 5.56. The quantitative estimate of drug-likeness (QED) is 0.709. The lowest BCUT2D eigenvalue weighted by atomic mass is 9.60. The lowest BCUT2D eigenvalue weighted by Gasteiger charge is -2.46. The normalized spacial score (nSPS) is 24.4. The van der Waals surface area contributed by atoms with E-state index < -0.39 is 0 Å². The van der Waals surface area contributed by atoms with Crippen molar-refractivity contribution in [3.05, 3.63) is 29.8 Å². The molecule has 0 unspecified atom stereocenters. The molecule has 0 amide bonds. The smallest absolute Gasteiger partial charge is 0.0402 e. The highest BCUT2D eigenvalue weighted by Gasteiger charge is 2.39. The number of benzene rings is 1. The fraction of sp³-hybridized carbons (Fsp3) is 0.739. The number of anilines is 1. The summed E-state index contributed by atoms with van der Waals surface area (Å²) in [5.74, 6) is 0.698. The zero-order valence-corrected chi connectivity index (χ0v) is 17.1. The minimum atomic E-state index is 0.444. The number of para-hydroxylation sites is 1. The summed E-state index contributed by atoms with van der Waals surface area (Å²) in [5, 5.41) is 0. The van der Waals surface area contributed by atoms with Crippen molar-refractivity contribution in [1.82, 2.24) is 4.90 Å². The molecular formula is C23H38N2. The Morgan fingerprint density at radius 2 is 1.52 bits per heavy atom. The summed E-state index contributed by atoms with van der Waals surface area (Å²) in [7, 11) is 0. The van der Waals surface area contributed by atoms with E-state index in [1.807, 2.05) is 0 Å². The van der Waals surface area contributed by atoms with Crippen molar-refractivity contribution >= 4 is 5.69 Å². The standard InChI is InChI=1S/C23H38N2/c1-6-11-24-12-14-25(15-13-24)21-10-8-7-9-20(21)19-16-22(2,3)18-23(4,5)17-19/h7-10,19H,6,11-18H2,1-5H3. The molecule has 0 radical (unpaired) electrons. The van der Waals surface area contributed by atoms with Gasteiger partial charge in [-0.3, -0.25) is 4.90 Å². The van der Waals surface area contributed by atoms with Crippen molar-refractivity contribution in [2.75, 3.05) is 37.6 Å². The fourth-order valence-electron chi connectivity index (χ4n) is 5.72. The molecule has 0 atom stereocenters. The summed E-state index contributed by atoms with van der Waals surface area (Å²) in [4.78, 5) is 5.27. The molecule has 0 bridgehead atoms. The van der Waals surface area contributed by atoms with Gasteiger partial charge in [-0.15, -0.1) is 0 Å². The summed E-state index contributed by atoms with van der Waals surface area (Å²) in [6.45, 7) is 18.2. The van der Waals surface area contributed by atoms with Gasteiger partial charge in [0.05, 0.1) is 0 Å². The lowest BCUT2D eigenvalue weighted by molar-refractivity contribution is 0.0970. The molecule has 25 heavy (non-hydrogen) atoms. The van der Waals surface area contributed by atoms with Crippen LogP contribution >= 0.6 is 0 Å². The van der Waals surface area contributed by atoms with Gasteiger partial charge in [-0.25, -0.2) is 0 Å². The van der Waals surface area contributed by atoms with Crippen LogP contribution in [0.2, 0.25) is 0 Å². The first kappa shape index (κ1) is 18.8. The zero-order valence-electron chi connectivity index (χ0n) is 17.1. The van der Waals surface area contributed by atoms with Gasteiger partial charge in [0.2, 0.25) is 0 Å². The molecule has 2 aliphatic rings. The Balaban J connectivity index is 1.80. The Kier molecular flexibility index (Phi) is 5.48. The molecule has 3 rings (SSSR count). The second kappa shape index (κ2) is 7.31. The molecule has 2 nitrogen and oxygen atoms in total. The van der Waals surface area contributed by atoms with Gasteiger partial charge in [0.1, 0.15) is 0 Å². The average Bonchev–Trinajstić information content (AvgIpc) is 2.53. The molecule has 1 aliphatic carbocycles. The predicted octanol–water partition coefficient (Wildman–Crippen LogP) is 5.54. The van der Waals surface area contributed by atoms with E-state index in [-0.39, 0.29) is 0 Å². The SMILES string of the molecule is CCCN1CCN(c2ccccc2C2CC(C)(C)CC(C)(C)C2)CC1. The largest absolute Gasteiger partial charge is 0.369 e. The first-order chi connectivity index (χ1) is 11.8. The Morgan fingerprint density at radius 1 is 0.920 bits per heavy atom. The number of nitrogens with zero attached hydrogens (tertiary/aromatic N) is 2. The van der Waals surface area contributed by atoms with Gasteiger partial charge in [0.15, 0.2) is 0 Å². The third kappa shape index (κ3) is 4.58. The van der Waals surface area contributed by atoms with Gasteiger partial charge in [0.25, 0.3) is 0 Å². The van der Waals surface area contributed by atoms with Crippen molar-refractivity contribution in [2.24, 2.45) is 10.8 Å². The summed E-state index contributed by atoms with van der Waals surface area (Å²) in [6.07, 6.45) is 5.25. The maximum absolute atomic E-state index is 2.65. The summed E-state index contributed by atoms with van der Waals surface area (Å²) < 4.78 is 0. The number of hydrogen-bond donors (Lipinski definition) is 0. The molecule has 1 aromatic carbocycles. The Morgan fingerprint density at radius 3 is 2.12 bits per heavy atom. The van der Waals surface area contributed by atoms with Gasteiger partial charge in [-0.1, -0.05) is 52.8 Å². The van der Waals surface area contributed by atoms with E-state index in [0.717, 1.165) is 0 Å². The van der Waals surface area contributed by atoms with E-state index in [4.69, 9.17) is 0 Å². The summed E-state index contributed by atoms with van der Waals surface area (Å²) in [6, 6.07) is 9.27. The van der Waals surface area contributed by atoms with Gasteiger partial charge in [-0.05, 0) is 60.6 Å². The van der Waals surface area contributed by atoms with Crippen LogP contribution in [0.1, 0.15) is 71.8 Å². The molecule has 1 heterocycles. The zero-order chi connectivity index (χ0) is 18.1. The number of hydrogen-bond acceptors (Lipinski definition) is 2. The van der Waals surface area contributed by atoms with Crippen molar-refractivity contribution in [1.29, 1.82) is 0 Å². The fourth-order valence-corrected chi connectivity index (χ4v) is 5.72.